The lowest BCUT2D eigenvalue weighted by Crippen LogP contribution is -2.49. The molecule has 1 unspecified atom stereocenters. The summed E-state index contributed by atoms with van der Waals surface area (Å²) in [4.78, 5) is 13.3. The molecule has 1 atom stereocenters. The van der Waals surface area contributed by atoms with E-state index in [2.05, 4.69) is 18.7 Å². The molecule has 1 rings (SSSR count). The highest BCUT2D eigenvalue weighted by Crippen LogP contribution is 2.13. The number of nitrogens with zero attached hydrogens (tertiary/aromatic N) is 1. The van der Waals surface area contributed by atoms with Crippen molar-refractivity contribution < 1.29 is 9.53 Å². The summed E-state index contributed by atoms with van der Waals surface area (Å²) in [5.74, 6) is 0.251. The van der Waals surface area contributed by atoms with Gasteiger partial charge in [0.1, 0.15) is 5.78 Å². The van der Waals surface area contributed by atoms with Crippen LogP contribution in [-0.4, -0.2) is 42.5 Å². The summed E-state index contributed by atoms with van der Waals surface area (Å²) in [5.41, 5.74) is 0. The van der Waals surface area contributed by atoms with Crippen LogP contribution in [0.15, 0.2) is 0 Å². The SMILES string of the molecule is CC.CC(=O)CC1COCCN1C(C)C. The van der Waals surface area contributed by atoms with Crippen LogP contribution in [0.1, 0.15) is 41.0 Å². The van der Waals surface area contributed by atoms with E-state index in [9.17, 15) is 4.79 Å². The van der Waals surface area contributed by atoms with Crippen molar-refractivity contribution in [2.45, 2.75) is 53.1 Å². The van der Waals surface area contributed by atoms with Crippen LogP contribution >= 0.6 is 0 Å². The predicted octanol–water partition coefficient (Wildman–Crippen LogP) is 2.10. The summed E-state index contributed by atoms with van der Waals surface area (Å²) >= 11 is 0. The van der Waals surface area contributed by atoms with Crippen LogP contribution in [0.5, 0.6) is 0 Å². The van der Waals surface area contributed by atoms with Crippen molar-refractivity contribution >= 4 is 5.78 Å². The molecule has 0 saturated carbocycles. The lowest BCUT2D eigenvalue weighted by atomic mass is 10.1. The number of Topliss-reactive ketones (excluding diaryl/α,β-unsaturated/α-hetero) is 1. The van der Waals surface area contributed by atoms with Crippen molar-refractivity contribution in [1.29, 1.82) is 0 Å². The molecule has 0 amide bonds. The second-order valence-electron chi connectivity index (χ2n) is 3.97. The zero-order valence-corrected chi connectivity index (χ0v) is 10.7. The van der Waals surface area contributed by atoms with Crippen LogP contribution < -0.4 is 0 Å². The van der Waals surface area contributed by atoms with Crippen molar-refractivity contribution in [1.82, 2.24) is 4.90 Å². The van der Waals surface area contributed by atoms with E-state index < -0.39 is 0 Å². The van der Waals surface area contributed by atoms with Gasteiger partial charge >= 0.3 is 0 Å². The fraction of sp³-hybridized carbons (Fsp3) is 0.917. The van der Waals surface area contributed by atoms with Crippen molar-refractivity contribution in [2.75, 3.05) is 19.8 Å². The lowest BCUT2D eigenvalue weighted by Gasteiger charge is -2.37. The molecule has 15 heavy (non-hydrogen) atoms. The van der Waals surface area contributed by atoms with E-state index in [0.29, 0.717) is 25.1 Å². The molecule has 1 fully saturated rings. The Morgan fingerprint density at radius 3 is 2.53 bits per heavy atom. The van der Waals surface area contributed by atoms with Gasteiger partial charge in [-0.05, 0) is 20.8 Å². The molecule has 3 nitrogen and oxygen atoms in total. The lowest BCUT2D eigenvalue weighted by molar-refractivity contribution is -0.120. The van der Waals surface area contributed by atoms with Gasteiger partial charge in [0, 0.05) is 25.0 Å². The van der Waals surface area contributed by atoms with E-state index in [4.69, 9.17) is 4.74 Å². The number of morpholine rings is 1. The zero-order valence-electron chi connectivity index (χ0n) is 10.7. The van der Waals surface area contributed by atoms with Gasteiger partial charge < -0.3 is 4.74 Å². The van der Waals surface area contributed by atoms with E-state index in [1.54, 1.807) is 6.92 Å². The highest BCUT2D eigenvalue weighted by Gasteiger charge is 2.25. The number of carbonyl (C=O) groups is 1. The molecule has 0 bridgehead atoms. The molecule has 0 N–H and O–H groups in total. The first-order chi connectivity index (χ1) is 7.11. The van der Waals surface area contributed by atoms with E-state index in [1.165, 1.54) is 0 Å². The van der Waals surface area contributed by atoms with E-state index >= 15 is 0 Å². The molecule has 0 aromatic rings. The normalized spacial score (nSPS) is 22.1. The molecule has 0 aliphatic carbocycles. The van der Waals surface area contributed by atoms with Crippen LogP contribution in [0.25, 0.3) is 0 Å². The number of rotatable bonds is 3. The molecular formula is C12H25NO2. The van der Waals surface area contributed by atoms with Crippen LogP contribution in [0.3, 0.4) is 0 Å². The Hall–Kier alpha value is -0.410. The highest BCUT2D eigenvalue weighted by atomic mass is 16.5. The molecule has 0 aromatic heterocycles. The molecule has 1 saturated heterocycles. The number of hydrogen-bond donors (Lipinski definition) is 0. The summed E-state index contributed by atoms with van der Waals surface area (Å²) in [7, 11) is 0. The van der Waals surface area contributed by atoms with Crippen molar-refractivity contribution in [2.24, 2.45) is 0 Å². The summed E-state index contributed by atoms with van der Waals surface area (Å²) in [6.07, 6.45) is 0.623. The minimum absolute atomic E-state index is 0.251. The Morgan fingerprint density at radius 2 is 2.07 bits per heavy atom. The minimum atomic E-state index is 0.251. The van der Waals surface area contributed by atoms with Crippen molar-refractivity contribution in [3.8, 4) is 0 Å². The Bertz CT molecular complexity index is 180. The van der Waals surface area contributed by atoms with Gasteiger partial charge in [-0.3, -0.25) is 9.69 Å². The van der Waals surface area contributed by atoms with Gasteiger partial charge in [-0.15, -0.1) is 0 Å². The molecule has 0 spiro atoms. The Balaban J connectivity index is 0.000000921. The first-order valence-electron chi connectivity index (χ1n) is 5.94. The molecule has 1 aliphatic heterocycles. The third kappa shape index (κ3) is 5.28. The maximum atomic E-state index is 11.0. The van der Waals surface area contributed by atoms with Gasteiger partial charge in [0.2, 0.25) is 0 Å². The standard InChI is InChI=1S/C10H19NO2.C2H6/c1-8(2)11-4-5-13-7-10(11)6-9(3)12;1-2/h8,10H,4-7H2,1-3H3;1-2H3. The number of ketones is 1. The summed E-state index contributed by atoms with van der Waals surface area (Å²) in [6, 6.07) is 0.805. The van der Waals surface area contributed by atoms with Gasteiger partial charge in [-0.1, -0.05) is 13.8 Å². The monoisotopic (exact) mass is 215 g/mol. The fourth-order valence-electron chi connectivity index (χ4n) is 1.86. The maximum absolute atomic E-state index is 11.0. The van der Waals surface area contributed by atoms with E-state index in [0.717, 1.165) is 13.2 Å². The number of carbonyl (C=O) groups excluding carboxylic acids is 1. The summed E-state index contributed by atoms with van der Waals surface area (Å²) in [5, 5.41) is 0. The fourth-order valence-corrected chi connectivity index (χ4v) is 1.86. The maximum Gasteiger partial charge on any atom is 0.131 e. The molecule has 3 heteroatoms. The third-order valence-electron chi connectivity index (χ3n) is 2.46. The van der Waals surface area contributed by atoms with Crippen molar-refractivity contribution in [3.05, 3.63) is 0 Å². The minimum Gasteiger partial charge on any atom is -0.378 e. The van der Waals surface area contributed by atoms with Gasteiger partial charge in [-0.25, -0.2) is 0 Å². The Morgan fingerprint density at radius 1 is 1.47 bits per heavy atom. The van der Waals surface area contributed by atoms with Gasteiger partial charge in [0.15, 0.2) is 0 Å². The molecule has 1 aliphatic rings. The summed E-state index contributed by atoms with van der Waals surface area (Å²) in [6.45, 7) is 12.4. The smallest absolute Gasteiger partial charge is 0.131 e. The Labute approximate surface area is 93.8 Å². The van der Waals surface area contributed by atoms with Crippen LogP contribution in [0.4, 0.5) is 0 Å². The average Bonchev–Trinajstić information content (AvgIpc) is 2.20. The predicted molar refractivity (Wildman–Crippen MR) is 63.1 cm³/mol. The van der Waals surface area contributed by atoms with Crippen molar-refractivity contribution in [3.63, 3.8) is 0 Å². The van der Waals surface area contributed by atoms with E-state index in [1.807, 2.05) is 13.8 Å². The average molecular weight is 215 g/mol. The van der Waals surface area contributed by atoms with Crippen LogP contribution in [0.2, 0.25) is 0 Å². The molecule has 1 heterocycles. The second kappa shape index (κ2) is 7.83. The molecule has 0 radical (unpaired) electrons. The van der Waals surface area contributed by atoms with Gasteiger partial charge in [-0.2, -0.15) is 0 Å². The van der Waals surface area contributed by atoms with E-state index in [-0.39, 0.29) is 5.78 Å². The first-order valence-corrected chi connectivity index (χ1v) is 5.94. The molecule has 90 valence electrons. The largest absolute Gasteiger partial charge is 0.378 e. The quantitative estimate of drug-likeness (QED) is 0.722. The third-order valence-corrected chi connectivity index (χ3v) is 2.46. The molecule has 0 aromatic carbocycles. The highest BCUT2D eigenvalue weighted by molar-refractivity contribution is 5.76. The topological polar surface area (TPSA) is 29.5 Å². The van der Waals surface area contributed by atoms with Crippen LogP contribution in [-0.2, 0) is 9.53 Å². The summed E-state index contributed by atoms with van der Waals surface area (Å²) < 4.78 is 5.37. The first kappa shape index (κ1) is 14.6. The van der Waals surface area contributed by atoms with Gasteiger partial charge in [0.05, 0.1) is 13.2 Å². The zero-order chi connectivity index (χ0) is 11.8. The van der Waals surface area contributed by atoms with Gasteiger partial charge in [0.25, 0.3) is 0 Å². The van der Waals surface area contributed by atoms with Crippen LogP contribution in [0, 0.1) is 0 Å². The Kier molecular flexibility index (Phi) is 7.61. The second-order valence-corrected chi connectivity index (χ2v) is 3.97. The molecular weight excluding hydrogens is 190 g/mol. The number of ether oxygens (including phenoxy) is 1. The number of hydrogen-bond acceptors (Lipinski definition) is 3.